The first-order valence-corrected chi connectivity index (χ1v) is 6.60. The lowest BCUT2D eigenvalue weighted by molar-refractivity contribution is -0.141. The Hall–Kier alpha value is -1.61. The maximum absolute atomic E-state index is 12.8. The highest BCUT2D eigenvalue weighted by Crippen LogP contribution is 2.33. The van der Waals surface area contributed by atoms with Crippen LogP contribution in [0.5, 0.6) is 0 Å². The largest absolute Gasteiger partial charge is 0.433 e. The summed E-state index contributed by atoms with van der Waals surface area (Å²) in [6.45, 7) is 0.214. The van der Waals surface area contributed by atoms with Gasteiger partial charge >= 0.3 is 6.18 Å². The highest BCUT2D eigenvalue weighted by Gasteiger charge is 2.36. The summed E-state index contributed by atoms with van der Waals surface area (Å²) in [5, 5.41) is 10.3. The number of aromatic nitrogens is 2. The molecule has 1 aliphatic carbocycles. The number of nitrogens with one attached hydrogen (secondary N) is 1. The summed E-state index contributed by atoms with van der Waals surface area (Å²) in [4.78, 5) is 8.69. The van der Waals surface area contributed by atoms with E-state index in [-0.39, 0.29) is 18.3 Å². The molecule has 0 atom stereocenters. The van der Waals surface area contributed by atoms with Crippen LogP contribution in [-0.4, -0.2) is 34.3 Å². The summed E-state index contributed by atoms with van der Waals surface area (Å²) in [5.74, 6) is 4.86. The maximum Gasteiger partial charge on any atom is 0.433 e. The zero-order valence-electron chi connectivity index (χ0n) is 11.6. The number of alkyl halides is 3. The summed E-state index contributed by atoms with van der Waals surface area (Å²) in [6.07, 6.45) is -1.49. The number of halogens is 3. The van der Waals surface area contributed by atoms with Gasteiger partial charge < -0.3 is 10.0 Å². The Balaban J connectivity index is 2.25. The first-order valence-electron chi connectivity index (χ1n) is 6.60. The molecule has 0 bridgehead atoms. The molecule has 1 fully saturated rings. The summed E-state index contributed by atoms with van der Waals surface area (Å²) in [6, 6.07) is 0.846. The van der Waals surface area contributed by atoms with Crippen LogP contribution in [0.25, 0.3) is 0 Å². The van der Waals surface area contributed by atoms with Gasteiger partial charge in [-0.3, -0.25) is 5.43 Å². The van der Waals surface area contributed by atoms with E-state index in [0.717, 1.165) is 18.9 Å². The van der Waals surface area contributed by atoms with Gasteiger partial charge in [-0.25, -0.2) is 10.8 Å². The van der Waals surface area contributed by atoms with Crippen molar-refractivity contribution < 1.29 is 18.3 Å². The zero-order chi connectivity index (χ0) is 15.7. The van der Waals surface area contributed by atoms with Crippen molar-refractivity contribution >= 4 is 11.8 Å². The molecular weight excluding hydrogens is 287 g/mol. The quantitative estimate of drug-likeness (QED) is 0.577. The molecule has 1 aliphatic rings. The minimum atomic E-state index is -4.59. The monoisotopic (exact) mass is 305 g/mol. The van der Waals surface area contributed by atoms with Crippen molar-refractivity contribution in [3.63, 3.8) is 0 Å². The van der Waals surface area contributed by atoms with Crippen molar-refractivity contribution in [1.29, 1.82) is 0 Å². The molecule has 2 rings (SSSR count). The van der Waals surface area contributed by atoms with Gasteiger partial charge in [0, 0.05) is 19.7 Å². The highest BCUT2D eigenvalue weighted by atomic mass is 19.4. The van der Waals surface area contributed by atoms with Gasteiger partial charge in [-0.05, 0) is 12.8 Å². The lowest BCUT2D eigenvalue weighted by Crippen LogP contribution is -2.39. The lowest BCUT2D eigenvalue weighted by atomic mass is 10.0. The molecule has 0 amide bonds. The molecule has 6 nitrogen and oxygen atoms in total. The molecular formula is C12H18F3N5O. The summed E-state index contributed by atoms with van der Waals surface area (Å²) in [5.41, 5.74) is 0.0679. The maximum atomic E-state index is 12.8. The van der Waals surface area contributed by atoms with Gasteiger partial charge in [0.05, 0.1) is 5.60 Å². The zero-order valence-corrected chi connectivity index (χ0v) is 11.6. The summed E-state index contributed by atoms with van der Waals surface area (Å²) in [7, 11) is 1.58. The van der Waals surface area contributed by atoms with Gasteiger partial charge in [0.25, 0.3) is 0 Å². The Labute approximate surface area is 120 Å². The fourth-order valence-electron chi connectivity index (χ4n) is 2.55. The summed E-state index contributed by atoms with van der Waals surface area (Å²) < 4.78 is 38.4. The molecule has 1 aromatic rings. The van der Waals surface area contributed by atoms with Crippen molar-refractivity contribution in [2.45, 2.75) is 37.5 Å². The average molecular weight is 305 g/mol. The lowest BCUT2D eigenvalue weighted by Gasteiger charge is -2.29. The van der Waals surface area contributed by atoms with Crippen LogP contribution in [0.4, 0.5) is 24.9 Å². The molecule has 1 heterocycles. The number of hydrazine groups is 1. The average Bonchev–Trinajstić information content (AvgIpc) is 2.83. The molecule has 1 saturated carbocycles. The van der Waals surface area contributed by atoms with Crippen LogP contribution in [0.1, 0.15) is 31.4 Å². The topological polar surface area (TPSA) is 87.3 Å². The molecule has 0 unspecified atom stereocenters. The predicted molar refractivity (Wildman–Crippen MR) is 71.5 cm³/mol. The molecule has 0 spiro atoms. The molecule has 0 saturated heterocycles. The first kappa shape index (κ1) is 15.8. The molecule has 9 heteroatoms. The van der Waals surface area contributed by atoms with Crippen molar-refractivity contribution in [2.75, 3.05) is 23.9 Å². The molecule has 0 aliphatic heterocycles. The Morgan fingerprint density at radius 2 is 2.00 bits per heavy atom. The fraction of sp³-hybridized carbons (Fsp3) is 0.667. The van der Waals surface area contributed by atoms with Gasteiger partial charge in [-0.15, -0.1) is 0 Å². The van der Waals surface area contributed by atoms with E-state index in [9.17, 15) is 18.3 Å². The van der Waals surface area contributed by atoms with E-state index in [1.807, 2.05) is 5.43 Å². The van der Waals surface area contributed by atoms with E-state index in [2.05, 4.69) is 9.97 Å². The third-order valence-electron chi connectivity index (χ3n) is 3.59. The molecule has 0 radical (unpaired) electrons. The van der Waals surface area contributed by atoms with E-state index < -0.39 is 17.5 Å². The van der Waals surface area contributed by atoms with Crippen molar-refractivity contribution in [3.8, 4) is 0 Å². The predicted octanol–water partition coefficient (Wildman–Crippen LogP) is 1.52. The van der Waals surface area contributed by atoms with Gasteiger partial charge in [-0.1, -0.05) is 12.8 Å². The highest BCUT2D eigenvalue weighted by molar-refractivity contribution is 5.45. The minimum Gasteiger partial charge on any atom is -0.388 e. The fourth-order valence-corrected chi connectivity index (χ4v) is 2.55. The second kappa shape index (κ2) is 5.64. The number of hydrogen-bond acceptors (Lipinski definition) is 6. The number of rotatable bonds is 4. The summed E-state index contributed by atoms with van der Waals surface area (Å²) >= 11 is 0. The molecule has 118 valence electrons. The second-order valence-corrected chi connectivity index (χ2v) is 5.36. The Morgan fingerprint density at radius 3 is 2.52 bits per heavy atom. The van der Waals surface area contributed by atoms with Crippen LogP contribution in [0.15, 0.2) is 6.07 Å². The Kier molecular flexibility index (Phi) is 4.24. The number of hydrogen-bond donors (Lipinski definition) is 3. The minimum absolute atomic E-state index is 0.0607. The Bertz CT molecular complexity index is 502. The molecule has 21 heavy (non-hydrogen) atoms. The second-order valence-electron chi connectivity index (χ2n) is 5.36. The standard InChI is InChI=1S/C12H18F3N5O/c1-20(7-11(21)4-2-3-5-11)9-6-8(12(13,14)15)17-10(18-9)19-16/h6,21H,2-5,7,16H2,1H3,(H,17,18,19). The van der Waals surface area contributed by atoms with Gasteiger partial charge in [-0.2, -0.15) is 18.2 Å². The van der Waals surface area contributed by atoms with Crippen LogP contribution in [0.3, 0.4) is 0 Å². The Morgan fingerprint density at radius 1 is 1.38 bits per heavy atom. The van der Waals surface area contributed by atoms with E-state index in [0.29, 0.717) is 12.8 Å². The van der Waals surface area contributed by atoms with E-state index in [1.54, 1.807) is 7.05 Å². The normalized spacial score (nSPS) is 17.8. The van der Waals surface area contributed by atoms with Crippen molar-refractivity contribution in [2.24, 2.45) is 5.84 Å². The van der Waals surface area contributed by atoms with Gasteiger partial charge in [0.1, 0.15) is 5.82 Å². The third kappa shape index (κ3) is 3.73. The van der Waals surface area contributed by atoms with Crippen LogP contribution >= 0.6 is 0 Å². The third-order valence-corrected chi connectivity index (χ3v) is 3.59. The van der Waals surface area contributed by atoms with Crippen molar-refractivity contribution in [1.82, 2.24) is 9.97 Å². The van der Waals surface area contributed by atoms with Gasteiger partial charge in [0.2, 0.25) is 5.95 Å². The van der Waals surface area contributed by atoms with Gasteiger partial charge in [0.15, 0.2) is 5.69 Å². The number of likely N-dealkylation sites (N-methyl/N-ethyl adjacent to an activating group) is 1. The number of nitrogens with two attached hydrogens (primary N) is 1. The van der Waals surface area contributed by atoms with E-state index in [1.165, 1.54) is 4.90 Å². The smallest absolute Gasteiger partial charge is 0.388 e. The number of anilines is 2. The number of nitrogens with zero attached hydrogens (tertiary/aromatic N) is 3. The van der Waals surface area contributed by atoms with Crippen LogP contribution in [-0.2, 0) is 6.18 Å². The molecule has 4 N–H and O–H groups in total. The first-order chi connectivity index (χ1) is 9.73. The van der Waals surface area contributed by atoms with Crippen molar-refractivity contribution in [3.05, 3.63) is 11.8 Å². The van der Waals surface area contributed by atoms with Crippen LogP contribution < -0.4 is 16.2 Å². The van der Waals surface area contributed by atoms with Crippen LogP contribution in [0.2, 0.25) is 0 Å². The SMILES string of the molecule is CN(CC1(O)CCCC1)c1cc(C(F)(F)F)nc(NN)n1. The number of aliphatic hydroxyl groups is 1. The van der Waals surface area contributed by atoms with E-state index in [4.69, 9.17) is 5.84 Å². The van der Waals surface area contributed by atoms with E-state index >= 15 is 0 Å². The molecule has 1 aromatic heterocycles. The van der Waals surface area contributed by atoms with Crippen LogP contribution in [0, 0.1) is 0 Å². The number of nitrogen functional groups attached to an aromatic ring is 1. The molecule has 0 aromatic carbocycles.